The van der Waals surface area contributed by atoms with Crippen LogP contribution in [-0.4, -0.2) is 25.0 Å². The summed E-state index contributed by atoms with van der Waals surface area (Å²) >= 11 is 0. The molecular formula is C19H20F2N4O. The molecule has 26 heavy (non-hydrogen) atoms. The van der Waals surface area contributed by atoms with E-state index in [4.69, 9.17) is 11.5 Å². The Bertz CT molecular complexity index is 843. The summed E-state index contributed by atoms with van der Waals surface area (Å²) in [4.78, 5) is 15.2. The number of nitrogens with two attached hydrogens (primary N) is 2. The summed E-state index contributed by atoms with van der Waals surface area (Å²) < 4.78 is 29.4. The van der Waals surface area contributed by atoms with E-state index in [0.29, 0.717) is 17.7 Å². The van der Waals surface area contributed by atoms with E-state index in [9.17, 15) is 13.6 Å². The maximum absolute atomic E-state index is 14.9. The molecule has 0 spiro atoms. The Hall–Kier alpha value is -2.80. The topological polar surface area (TPSA) is 93.5 Å². The molecule has 136 valence electrons. The van der Waals surface area contributed by atoms with Crippen LogP contribution in [0.1, 0.15) is 34.3 Å². The summed E-state index contributed by atoms with van der Waals surface area (Å²) in [6.07, 6.45) is 1.22. The molecular weight excluding hydrogens is 338 g/mol. The first-order chi connectivity index (χ1) is 12.4. The van der Waals surface area contributed by atoms with Crippen molar-refractivity contribution in [3.8, 4) is 0 Å². The van der Waals surface area contributed by atoms with Crippen LogP contribution in [0.4, 0.5) is 20.2 Å². The van der Waals surface area contributed by atoms with Gasteiger partial charge in [-0.15, -0.1) is 0 Å². The number of aliphatic imine (C=N–C) groups is 1. The van der Waals surface area contributed by atoms with Crippen LogP contribution >= 0.6 is 0 Å². The van der Waals surface area contributed by atoms with Gasteiger partial charge in [-0.05, 0) is 49.2 Å². The van der Waals surface area contributed by atoms with E-state index in [-0.39, 0.29) is 23.4 Å². The average Bonchev–Trinajstić information content (AvgIpc) is 2.62. The molecule has 1 amide bonds. The number of rotatable bonds is 4. The summed E-state index contributed by atoms with van der Waals surface area (Å²) in [6.45, 7) is 1.07. The van der Waals surface area contributed by atoms with Gasteiger partial charge in [0, 0.05) is 6.54 Å². The third kappa shape index (κ3) is 3.57. The lowest BCUT2D eigenvalue weighted by Gasteiger charge is -2.30. The number of anilines is 1. The van der Waals surface area contributed by atoms with Crippen LogP contribution < -0.4 is 16.8 Å². The van der Waals surface area contributed by atoms with Crippen molar-refractivity contribution in [2.75, 3.05) is 18.8 Å². The molecule has 0 radical (unpaired) electrons. The van der Waals surface area contributed by atoms with Gasteiger partial charge in [0.25, 0.3) is 5.91 Å². The van der Waals surface area contributed by atoms with E-state index in [1.54, 1.807) is 24.3 Å². The molecule has 0 aliphatic carbocycles. The van der Waals surface area contributed by atoms with Gasteiger partial charge in [-0.2, -0.15) is 4.39 Å². The van der Waals surface area contributed by atoms with Crippen LogP contribution in [0.3, 0.4) is 0 Å². The van der Waals surface area contributed by atoms with Crippen LogP contribution in [0.2, 0.25) is 0 Å². The fourth-order valence-electron chi connectivity index (χ4n) is 3.08. The first-order valence-electron chi connectivity index (χ1n) is 8.34. The number of para-hydroxylation sites is 1. The van der Waals surface area contributed by atoms with Gasteiger partial charge in [-0.1, -0.05) is 18.2 Å². The number of nitrogens with zero attached hydrogens (tertiary/aromatic N) is 1. The highest BCUT2D eigenvalue weighted by molar-refractivity contribution is 6.06. The smallest absolute Gasteiger partial charge is 0.250 e. The van der Waals surface area contributed by atoms with Gasteiger partial charge in [0.1, 0.15) is 5.67 Å². The molecule has 1 heterocycles. The van der Waals surface area contributed by atoms with Gasteiger partial charge >= 0.3 is 0 Å². The number of piperidine rings is 1. The average molecular weight is 358 g/mol. The predicted octanol–water partition coefficient (Wildman–Crippen LogP) is 2.96. The molecule has 0 aromatic heterocycles. The van der Waals surface area contributed by atoms with Crippen LogP contribution in [0, 0.1) is 0 Å². The zero-order valence-corrected chi connectivity index (χ0v) is 14.1. The van der Waals surface area contributed by atoms with Crippen molar-refractivity contribution < 1.29 is 13.6 Å². The molecule has 1 aliphatic heterocycles. The first kappa shape index (κ1) is 18.0. The molecule has 1 saturated heterocycles. The second-order valence-electron chi connectivity index (χ2n) is 6.33. The second kappa shape index (κ2) is 7.21. The Morgan fingerprint density at radius 2 is 1.85 bits per heavy atom. The second-order valence-corrected chi connectivity index (χ2v) is 6.33. The molecule has 1 aliphatic rings. The van der Waals surface area contributed by atoms with Crippen molar-refractivity contribution in [3.63, 3.8) is 0 Å². The highest BCUT2D eigenvalue weighted by Crippen LogP contribution is 2.33. The largest absolute Gasteiger partial charge is 0.397 e. The van der Waals surface area contributed by atoms with Gasteiger partial charge in [-0.3, -0.25) is 4.79 Å². The Morgan fingerprint density at radius 3 is 2.46 bits per heavy atom. The molecule has 1 unspecified atom stereocenters. The molecule has 1 fully saturated rings. The third-order valence-electron chi connectivity index (χ3n) is 4.54. The number of hydrogen-bond donors (Lipinski definition) is 3. The Labute approximate surface area is 150 Å². The third-order valence-corrected chi connectivity index (χ3v) is 4.54. The minimum Gasteiger partial charge on any atom is -0.397 e. The Kier molecular flexibility index (Phi) is 4.99. The van der Waals surface area contributed by atoms with E-state index in [2.05, 4.69) is 10.3 Å². The maximum atomic E-state index is 14.9. The highest BCUT2D eigenvalue weighted by Gasteiger charge is 2.33. The first-order valence-corrected chi connectivity index (χ1v) is 8.34. The fraction of sp³-hybridized carbons (Fsp3) is 0.263. The van der Waals surface area contributed by atoms with Gasteiger partial charge in [-0.25, -0.2) is 9.38 Å². The molecule has 0 saturated carbocycles. The summed E-state index contributed by atoms with van der Waals surface area (Å²) in [5.74, 6) is -1.58. The Balaban J connectivity index is 1.86. The van der Waals surface area contributed by atoms with E-state index in [0.717, 1.165) is 13.0 Å². The van der Waals surface area contributed by atoms with Gasteiger partial charge in [0.05, 0.1) is 22.5 Å². The van der Waals surface area contributed by atoms with Crippen molar-refractivity contribution in [2.24, 2.45) is 10.7 Å². The number of alkyl halides is 1. The summed E-state index contributed by atoms with van der Waals surface area (Å²) in [7, 11) is 0. The lowest BCUT2D eigenvalue weighted by Crippen LogP contribution is -2.39. The minimum atomic E-state index is -1.42. The molecule has 2 aromatic rings. The van der Waals surface area contributed by atoms with Gasteiger partial charge in [0.2, 0.25) is 5.97 Å². The van der Waals surface area contributed by atoms with Gasteiger partial charge < -0.3 is 16.8 Å². The van der Waals surface area contributed by atoms with E-state index in [1.165, 1.54) is 18.2 Å². The van der Waals surface area contributed by atoms with Crippen molar-refractivity contribution >= 4 is 23.2 Å². The van der Waals surface area contributed by atoms with Crippen LogP contribution in [0.5, 0.6) is 0 Å². The number of primary amides is 1. The molecule has 3 rings (SSSR count). The lowest BCUT2D eigenvalue weighted by molar-refractivity contribution is 0.100. The number of nitrogens with one attached hydrogen (secondary N) is 1. The van der Waals surface area contributed by atoms with Crippen LogP contribution in [0.15, 0.2) is 47.5 Å². The summed E-state index contributed by atoms with van der Waals surface area (Å²) in [5, 5.41) is 3.05. The number of nitrogen functional groups attached to an aromatic ring is 1. The maximum Gasteiger partial charge on any atom is 0.250 e. The molecule has 7 heteroatoms. The van der Waals surface area contributed by atoms with Gasteiger partial charge in [0.15, 0.2) is 0 Å². The summed E-state index contributed by atoms with van der Waals surface area (Å²) in [6, 6.07) is 10.6. The number of halogens is 2. The van der Waals surface area contributed by atoms with Crippen LogP contribution in [0.25, 0.3) is 0 Å². The number of amides is 1. The van der Waals surface area contributed by atoms with Crippen molar-refractivity contribution in [1.29, 1.82) is 0 Å². The molecule has 5 N–H and O–H groups in total. The molecule has 1 atom stereocenters. The number of carbonyl (C=O) groups is 1. The SMILES string of the molecule is NC(=O)c1cccc(C(F)=Nc2ccc(C3(F)CCCNC3)cc2)c1N. The Morgan fingerprint density at radius 1 is 1.15 bits per heavy atom. The van der Waals surface area contributed by atoms with Crippen molar-refractivity contribution in [2.45, 2.75) is 18.5 Å². The number of hydrogen-bond acceptors (Lipinski definition) is 4. The zero-order chi connectivity index (χ0) is 18.7. The zero-order valence-electron chi connectivity index (χ0n) is 14.1. The molecule has 5 nitrogen and oxygen atoms in total. The van der Waals surface area contributed by atoms with E-state index in [1.807, 2.05) is 0 Å². The summed E-state index contributed by atoms with van der Waals surface area (Å²) in [5.41, 5.74) is 10.4. The molecule has 2 aromatic carbocycles. The predicted molar refractivity (Wildman–Crippen MR) is 98.0 cm³/mol. The van der Waals surface area contributed by atoms with E-state index < -0.39 is 17.5 Å². The monoisotopic (exact) mass is 358 g/mol. The molecule has 0 bridgehead atoms. The fourth-order valence-corrected chi connectivity index (χ4v) is 3.08. The van der Waals surface area contributed by atoms with E-state index >= 15 is 0 Å². The normalized spacial score (nSPS) is 20.8. The van der Waals surface area contributed by atoms with Crippen molar-refractivity contribution in [1.82, 2.24) is 5.32 Å². The quantitative estimate of drug-likeness (QED) is 0.579. The lowest BCUT2D eigenvalue weighted by atomic mass is 9.88. The highest BCUT2D eigenvalue weighted by atomic mass is 19.1. The van der Waals surface area contributed by atoms with Crippen molar-refractivity contribution in [3.05, 3.63) is 59.2 Å². The number of carbonyl (C=O) groups excluding carboxylic acids is 1. The standard InChI is InChI=1S/C19H20F2N4O/c20-17(14-3-1-4-15(16(14)22)18(23)26)25-13-7-5-12(6-8-13)19(21)9-2-10-24-11-19/h1,3-8,24H,2,9-11,22H2,(H2,23,26). The minimum absolute atomic E-state index is 0.0104. The van der Waals surface area contributed by atoms with Crippen LogP contribution in [-0.2, 0) is 5.67 Å². The number of benzene rings is 2.